The normalized spacial score (nSPS) is 26.4. The lowest BCUT2D eigenvalue weighted by atomic mass is 9.77. The number of hydrogen-bond donors (Lipinski definition) is 2. The van der Waals surface area contributed by atoms with Crippen LogP contribution in [0.5, 0.6) is 5.75 Å². The van der Waals surface area contributed by atoms with Crippen LogP contribution in [0.25, 0.3) is 0 Å². The Morgan fingerprint density at radius 2 is 2.00 bits per heavy atom. The molecule has 20 heavy (non-hydrogen) atoms. The Bertz CT molecular complexity index is 411. The molecular weight excluding hydrogens is 250 g/mol. The van der Waals surface area contributed by atoms with Gasteiger partial charge < -0.3 is 15.2 Å². The van der Waals surface area contributed by atoms with E-state index < -0.39 is 0 Å². The van der Waals surface area contributed by atoms with E-state index >= 15 is 0 Å². The second-order valence-electron chi connectivity index (χ2n) is 6.02. The van der Waals surface area contributed by atoms with E-state index in [0.717, 1.165) is 31.1 Å². The average Bonchev–Trinajstić information content (AvgIpc) is 2.49. The molecule has 1 saturated carbocycles. The highest BCUT2D eigenvalue weighted by molar-refractivity contribution is 5.33. The zero-order valence-corrected chi connectivity index (χ0v) is 12.7. The van der Waals surface area contributed by atoms with Gasteiger partial charge in [0.05, 0.1) is 13.2 Å². The summed E-state index contributed by atoms with van der Waals surface area (Å²) < 4.78 is 5.66. The smallest absolute Gasteiger partial charge is 0.123 e. The first-order valence-corrected chi connectivity index (χ1v) is 7.76. The molecule has 0 heterocycles. The molecule has 112 valence electrons. The molecule has 0 radical (unpaired) electrons. The largest absolute Gasteiger partial charge is 0.494 e. The second kappa shape index (κ2) is 7.09. The lowest BCUT2D eigenvalue weighted by molar-refractivity contribution is 0.104. The van der Waals surface area contributed by atoms with E-state index in [9.17, 15) is 5.11 Å². The first kappa shape index (κ1) is 15.3. The summed E-state index contributed by atoms with van der Waals surface area (Å²) in [5, 5.41) is 13.4. The summed E-state index contributed by atoms with van der Waals surface area (Å²) in [7, 11) is 0. The number of aliphatic hydroxyl groups is 1. The van der Waals surface area contributed by atoms with Crippen molar-refractivity contribution in [3.63, 3.8) is 0 Å². The van der Waals surface area contributed by atoms with Crippen LogP contribution in [0.3, 0.4) is 0 Å². The van der Waals surface area contributed by atoms with Crippen LogP contribution in [0, 0.1) is 5.92 Å². The highest BCUT2D eigenvalue weighted by atomic mass is 16.5. The first-order chi connectivity index (χ1) is 9.69. The molecule has 2 N–H and O–H groups in total. The number of para-hydroxylation sites is 1. The number of hydrogen-bond acceptors (Lipinski definition) is 3. The molecular formula is C17H27NO2. The molecule has 1 aliphatic carbocycles. The van der Waals surface area contributed by atoms with Gasteiger partial charge in [0.15, 0.2) is 0 Å². The fourth-order valence-corrected chi connectivity index (χ4v) is 2.93. The van der Waals surface area contributed by atoms with Gasteiger partial charge in [-0.05, 0) is 44.6 Å². The van der Waals surface area contributed by atoms with Gasteiger partial charge in [-0.15, -0.1) is 0 Å². The van der Waals surface area contributed by atoms with Gasteiger partial charge in [0.1, 0.15) is 5.75 Å². The van der Waals surface area contributed by atoms with Crippen LogP contribution >= 0.6 is 0 Å². The molecule has 3 heteroatoms. The van der Waals surface area contributed by atoms with Crippen LogP contribution < -0.4 is 10.1 Å². The van der Waals surface area contributed by atoms with Crippen LogP contribution in [0.1, 0.15) is 45.1 Å². The Labute approximate surface area is 122 Å². The van der Waals surface area contributed by atoms with E-state index in [1.54, 1.807) is 0 Å². The molecule has 0 aliphatic heterocycles. The summed E-state index contributed by atoms with van der Waals surface area (Å²) in [4.78, 5) is 0. The maximum absolute atomic E-state index is 9.78. The SMILES string of the molecule is CCOc1ccccc1CNC1(CO)CCC(C)CC1. The van der Waals surface area contributed by atoms with E-state index in [1.807, 2.05) is 25.1 Å². The number of rotatable bonds is 6. The molecule has 0 saturated heterocycles. The van der Waals surface area contributed by atoms with E-state index in [1.165, 1.54) is 18.4 Å². The maximum Gasteiger partial charge on any atom is 0.123 e. The van der Waals surface area contributed by atoms with Gasteiger partial charge in [0, 0.05) is 17.6 Å². The summed E-state index contributed by atoms with van der Waals surface area (Å²) in [6, 6.07) is 8.14. The Morgan fingerprint density at radius 1 is 1.30 bits per heavy atom. The van der Waals surface area contributed by atoms with Crippen molar-refractivity contribution in [3.05, 3.63) is 29.8 Å². The molecule has 0 amide bonds. The van der Waals surface area contributed by atoms with Crippen molar-refractivity contribution < 1.29 is 9.84 Å². The van der Waals surface area contributed by atoms with Crippen LogP contribution in [-0.2, 0) is 6.54 Å². The Hall–Kier alpha value is -1.06. The molecule has 1 aromatic rings. The third-order valence-corrected chi connectivity index (χ3v) is 4.46. The van der Waals surface area contributed by atoms with Gasteiger partial charge in [-0.3, -0.25) is 0 Å². The Kier molecular flexibility index (Phi) is 5.44. The zero-order chi connectivity index (χ0) is 14.4. The fraction of sp³-hybridized carbons (Fsp3) is 0.647. The minimum absolute atomic E-state index is 0.105. The molecule has 1 aromatic carbocycles. The quantitative estimate of drug-likeness (QED) is 0.839. The van der Waals surface area contributed by atoms with Crippen LogP contribution in [0.15, 0.2) is 24.3 Å². The van der Waals surface area contributed by atoms with Gasteiger partial charge >= 0.3 is 0 Å². The number of nitrogens with one attached hydrogen (secondary N) is 1. The molecule has 0 spiro atoms. The average molecular weight is 277 g/mol. The first-order valence-electron chi connectivity index (χ1n) is 7.76. The minimum atomic E-state index is -0.105. The van der Waals surface area contributed by atoms with Gasteiger partial charge in [-0.1, -0.05) is 25.1 Å². The van der Waals surface area contributed by atoms with Crippen molar-refractivity contribution in [2.75, 3.05) is 13.2 Å². The van der Waals surface area contributed by atoms with E-state index in [0.29, 0.717) is 6.61 Å². The standard InChI is InChI=1S/C17H27NO2/c1-3-20-16-7-5-4-6-15(16)12-18-17(13-19)10-8-14(2)9-11-17/h4-7,14,18-19H,3,8-13H2,1-2H3. The van der Waals surface area contributed by atoms with Crippen LogP contribution in [0.2, 0.25) is 0 Å². The highest BCUT2D eigenvalue weighted by Gasteiger charge is 2.33. The maximum atomic E-state index is 9.78. The third kappa shape index (κ3) is 3.74. The summed E-state index contributed by atoms with van der Waals surface area (Å²) in [5.41, 5.74) is 1.06. The number of ether oxygens (including phenoxy) is 1. The number of aliphatic hydroxyl groups excluding tert-OH is 1. The molecule has 0 aromatic heterocycles. The van der Waals surface area contributed by atoms with Gasteiger partial charge in [-0.2, -0.15) is 0 Å². The molecule has 0 bridgehead atoms. The summed E-state index contributed by atoms with van der Waals surface area (Å²) in [6.45, 7) is 5.95. The second-order valence-corrected chi connectivity index (χ2v) is 6.02. The van der Waals surface area contributed by atoms with E-state index in [4.69, 9.17) is 4.74 Å². The molecule has 0 atom stereocenters. The van der Waals surface area contributed by atoms with Crippen molar-refractivity contribution in [1.29, 1.82) is 0 Å². The summed E-state index contributed by atoms with van der Waals surface area (Å²) in [5.74, 6) is 1.73. The van der Waals surface area contributed by atoms with Gasteiger partial charge in [-0.25, -0.2) is 0 Å². The predicted octanol–water partition coefficient (Wildman–Crippen LogP) is 3.12. The van der Waals surface area contributed by atoms with E-state index in [2.05, 4.69) is 18.3 Å². The molecule has 0 unspecified atom stereocenters. The van der Waals surface area contributed by atoms with E-state index in [-0.39, 0.29) is 12.1 Å². The summed E-state index contributed by atoms with van der Waals surface area (Å²) >= 11 is 0. The highest BCUT2D eigenvalue weighted by Crippen LogP contribution is 2.32. The topological polar surface area (TPSA) is 41.5 Å². The third-order valence-electron chi connectivity index (χ3n) is 4.46. The van der Waals surface area contributed by atoms with Gasteiger partial charge in [0.2, 0.25) is 0 Å². The lowest BCUT2D eigenvalue weighted by Gasteiger charge is -2.39. The minimum Gasteiger partial charge on any atom is -0.494 e. The number of benzene rings is 1. The van der Waals surface area contributed by atoms with Crippen molar-refractivity contribution in [2.45, 2.75) is 51.6 Å². The predicted molar refractivity (Wildman–Crippen MR) is 81.9 cm³/mol. The van der Waals surface area contributed by atoms with Crippen LogP contribution in [0.4, 0.5) is 0 Å². The Morgan fingerprint density at radius 3 is 2.65 bits per heavy atom. The monoisotopic (exact) mass is 277 g/mol. The summed E-state index contributed by atoms with van der Waals surface area (Å²) in [6.07, 6.45) is 4.50. The Balaban J connectivity index is 2.00. The van der Waals surface area contributed by atoms with Gasteiger partial charge in [0.25, 0.3) is 0 Å². The van der Waals surface area contributed by atoms with Crippen LogP contribution in [-0.4, -0.2) is 23.9 Å². The fourth-order valence-electron chi connectivity index (χ4n) is 2.93. The molecule has 2 rings (SSSR count). The van der Waals surface area contributed by atoms with Crippen molar-refractivity contribution in [1.82, 2.24) is 5.32 Å². The van der Waals surface area contributed by atoms with Crippen molar-refractivity contribution in [3.8, 4) is 5.75 Å². The van der Waals surface area contributed by atoms with Crippen molar-refractivity contribution in [2.24, 2.45) is 5.92 Å². The van der Waals surface area contributed by atoms with Crippen molar-refractivity contribution >= 4 is 0 Å². The molecule has 1 fully saturated rings. The molecule has 1 aliphatic rings. The molecule has 3 nitrogen and oxygen atoms in total. The lowest BCUT2D eigenvalue weighted by Crippen LogP contribution is -2.50. The zero-order valence-electron chi connectivity index (χ0n) is 12.7.